The molecule has 0 aliphatic carbocycles. The first-order chi connectivity index (χ1) is 13.2. The van der Waals surface area contributed by atoms with Gasteiger partial charge in [0.2, 0.25) is 11.8 Å². The fourth-order valence-electron chi connectivity index (χ4n) is 3.21. The van der Waals surface area contributed by atoms with E-state index in [1.807, 2.05) is 36.4 Å². The van der Waals surface area contributed by atoms with Gasteiger partial charge in [-0.15, -0.1) is 10.2 Å². The molecule has 27 heavy (non-hydrogen) atoms. The molecule has 4 rings (SSSR count). The second-order valence-electron chi connectivity index (χ2n) is 6.87. The van der Waals surface area contributed by atoms with Gasteiger partial charge in [-0.1, -0.05) is 38.1 Å². The summed E-state index contributed by atoms with van der Waals surface area (Å²) in [5.74, 6) is 3.08. The Bertz CT molecular complexity index is 893. The van der Waals surface area contributed by atoms with Crippen molar-refractivity contribution in [1.82, 2.24) is 15.5 Å². The zero-order valence-corrected chi connectivity index (χ0v) is 15.5. The molecule has 1 aromatic heterocycles. The topological polar surface area (TPSA) is 69.4 Å². The summed E-state index contributed by atoms with van der Waals surface area (Å²) in [6, 6.07) is 16.0. The monoisotopic (exact) mass is 365 g/mol. The fraction of sp³-hybridized carbons (Fsp3) is 0.333. The molecule has 0 radical (unpaired) electrons. The number of nitrogens with one attached hydrogen (secondary N) is 1. The Hall–Kier alpha value is -2.86. The van der Waals surface area contributed by atoms with Crippen LogP contribution >= 0.6 is 0 Å². The number of rotatable bonds is 6. The Morgan fingerprint density at radius 3 is 2.52 bits per heavy atom. The molecule has 3 aromatic rings. The van der Waals surface area contributed by atoms with Crippen LogP contribution in [0.25, 0.3) is 11.5 Å². The minimum atomic E-state index is 0.132. The second-order valence-corrected chi connectivity index (χ2v) is 6.87. The summed E-state index contributed by atoms with van der Waals surface area (Å²) in [5, 5.41) is 11.8. The van der Waals surface area contributed by atoms with E-state index in [1.165, 1.54) is 0 Å². The molecule has 0 bridgehead atoms. The van der Waals surface area contributed by atoms with E-state index in [2.05, 4.69) is 41.5 Å². The third-order valence-corrected chi connectivity index (χ3v) is 4.55. The maximum absolute atomic E-state index is 5.80. The summed E-state index contributed by atoms with van der Waals surface area (Å²) in [4.78, 5) is 0. The van der Waals surface area contributed by atoms with Crippen molar-refractivity contribution in [2.24, 2.45) is 5.92 Å². The lowest BCUT2D eigenvalue weighted by Crippen LogP contribution is -2.26. The lowest BCUT2D eigenvalue weighted by atomic mass is 9.95. The maximum atomic E-state index is 5.80. The van der Waals surface area contributed by atoms with E-state index < -0.39 is 0 Å². The molecule has 0 unspecified atom stereocenters. The van der Waals surface area contributed by atoms with E-state index in [0.29, 0.717) is 37.5 Å². The van der Waals surface area contributed by atoms with Crippen LogP contribution < -0.4 is 14.8 Å². The average molecular weight is 365 g/mol. The number of hydrogen-bond donors (Lipinski definition) is 1. The van der Waals surface area contributed by atoms with Crippen LogP contribution in [0, 0.1) is 5.92 Å². The number of benzene rings is 2. The minimum Gasteiger partial charge on any atom is -0.486 e. The molecule has 140 valence electrons. The normalized spacial score (nSPS) is 14.3. The molecule has 1 aliphatic rings. The molecule has 6 nitrogen and oxygen atoms in total. The van der Waals surface area contributed by atoms with E-state index in [0.717, 1.165) is 22.6 Å². The predicted octanol–water partition coefficient (Wildman–Crippen LogP) is 3.99. The summed E-state index contributed by atoms with van der Waals surface area (Å²) in [5.41, 5.74) is 2.07. The minimum absolute atomic E-state index is 0.132. The van der Waals surface area contributed by atoms with E-state index in [-0.39, 0.29) is 6.04 Å². The Kier molecular flexibility index (Phi) is 5.07. The Morgan fingerprint density at radius 1 is 0.963 bits per heavy atom. The van der Waals surface area contributed by atoms with Gasteiger partial charge >= 0.3 is 0 Å². The number of hydrogen-bond acceptors (Lipinski definition) is 6. The number of aromatic nitrogens is 2. The van der Waals surface area contributed by atoms with Crippen LogP contribution in [-0.4, -0.2) is 23.4 Å². The summed E-state index contributed by atoms with van der Waals surface area (Å²) in [7, 11) is 0. The summed E-state index contributed by atoms with van der Waals surface area (Å²) >= 11 is 0. The third-order valence-electron chi connectivity index (χ3n) is 4.55. The molecule has 2 heterocycles. The van der Waals surface area contributed by atoms with Gasteiger partial charge in [-0.2, -0.15) is 0 Å². The Balaban J connectivity index is 1.47. The van der Waals surface area contributed by atoms with Crippen LogP contribution in [-0.2, 0) is 6.54 Å². The van der Waals surface area contributed by atoms with Gasteiger partial charge in [-0.25, -0.2) is 0 Å². The van der Waals surface area contributed by atoms with Crippen molar-refractivity contribution in [3.63, 3.8) is 0 Å². The van der Waals surface area contributed by atoms with Crippen LogP contribution in [0.4, 0.5) is 0 Å². The lowest BCUT2D eigenvalue weighted by Gasteiger charge is -2.25. The van der Waals surface area contributed by atoms with E-state index >= 15 is 0 Å². The van der Waals surface area contributed by atoms with Crippen LogP contribution in [0.2, 0.25) is 0 Å². The van der Waals surface area contributed by atoms with Gasteiger partial charge in [-0.05, 0) is 35.7 Å². The number of nitrogens with zero attached hydrogens (tertiary/aromatic N) is 2. The first-order valence-corrected chi connectivity index (χ1v) is 9.21. The SMILES string of the molecule is CC(C)[C@H](NCc1nnc(-c2ccccc2)o1)c1ccc2c(c1)OCCO2. The average Bonchev–Trinajstić information content (AvgIpc) is 3.17. The first-order valence-electron chi connectivity index (χ1n) is 9.21. The first kappa shape index (κ1) is 17.5. The van der Waals surface area contributed by atoms with E-state index in [1.54, 1.807) is 0 Å². The van der Waals surface area contributed by atoms with Crippen molar-refractivity contribution in [2.45, 2.75) is 26.4 Å². The highest BCUT2D eigenvalue weighted by molar-refractivity contribution is 5.51. The molecular weight excluding hydrogens is 342 g/mol. The van der Waals surface area contributed by atoms with Crippen molar-refractivity contribution in [3.05, 3.63) is 60.0 Å². The quantitative estimate of drug-likeness (QED) is 0.712. The summed E-state index contributed by atoms with van der Waals surface area (Å²) in [6.07, 6.45) is 0. The zero-order chi connectivity index (χ0) is 18.6. The lowest BCUT2D eigenvalue weighted by molar-refractivity contribution is 0.171. The predicted molar refractivity (Wildman–Crippen MR) is 102 cm³/mol. The number of ether oxygens (including phenoxy) is 2. The molecule has 0 spiro atoms. The van der Waals surface area contributed by atoms with Crippen molar-refractivity contribution in [3.8, 4) is 23.0 Å². The highest BCUT2D eigenvalue weighted by Gasteiger charge is 2.20. The van der Waals surface area contributed by atoms with E-state index in [4.69, 9.17) is 13.9 Å². The van der Waals surface area contributed by atoms with Crippen molar-refractivity contribution in [2.75, 3.05) is 13.2 Å². The van der Waals surface area contributed by atoms with Crippen molar-refractivity contribution < 1.29 is 13.9 Å². The standard InChI is InChI=1S/C21H23N3O3/c1-14(2)20(16-8-9-17-18(12-16)26-11-10-25-17)22-13-19-23-24-21(27-19)15-6-4-3-5-7-15/h3-9,12,14,20,22H,10-11,13H2,1-2H3/t20-/m0/s1. The molecule has 0 saturated heterocycles. The van der Waals surface area contributed by atoms with Crippen LogP contribution in [0.15, 0.2) is 52.9 Å². The maximum Gasteiger partial charge on any atom is 0.247 e. The largest absolute Gasteiger partial charge is 0.486 e. The zero-order valence-electron chi connectivity index (χ0n) is 15.5. The van der Waals surface area contributed by atoms with Crippen LogP contribution in [0.1, 0.15) is 31.3 Å². The van der Waals surface area contributed by atoms with Gasteiger partial charge in [0.1, 0.15) is 13.2 Å². The molecule has 1 N–H and O–H groups in total. The fourth-order valence-corrected chi connectivity index (χ4v) is 3.21. The van der Waals surface area contributed by atoms with Gasteiger partial charge in [0.05, 0.1) is 6.54 Å². The Labute approximate surface area is 158 Å². The van der Waals surface area contributed by atoms with E-state index in [9.17, 15) is 0 Å². The third kappa shape index (κ3) is 3.95. The molecule has 0 saturated carbocycles. The molecule has 1 atom stereocenters. The second kappa shape index (κ2) is 7.80. The molecule has 0 amide bonds. The summed E-state index contributed by atoms with van der Waals surface area (Å²) < 4.78 is 17.1. The summed E-state index contributed by atoms with van der Waals surface area (Å²) in [6.45, 7) is 6.03. The molecule has 1 aliphatic heterocycles. The van der Waals surface area contributed by atoms with Gasteiger partial charge in [0.15, 0.2) is 11.5 Å². The van der Waals surface area contributed by atoms with Crippen LogP contribution in [0.3, 0.4) is 0 Å². The van der Waals surface area contributed by atoms with Gasteiger partial charge in [-0.3, -0.25) is 0 Å². The number of fused-ring (bicyclic) bond motifs is 1. The smallest absolute Gasteiger partial charge is 0.247 e. The van der Waals surface area contributed by atoms with Crippen LogP contribution in [0.5, 0.6) is 11.5 Å². The molecule has 6 heteroatoms. The molecular formula is C21H23N3O3. The highest BCUT2D eigenvalue weighted by Crippen LogP contribution is 2.34. The Morgan fingerprint density at radius 2 is 1.74 bits per heavy atom. The van der Waals surface area contributed by atoms with Crippen molar-refractivity contribution in [1.29, 1.82) is 0 Å². The molecule has 0 fully saturated rings. The highest BCUT2D eigenvalue weighted by atomic mass is 16.6. The molecule has 2 aromatic carbocycles. The van der Waals surface area contributed by atoms with Gasteiger partial charge < -0.3 is 19.2 Å². The van der Waals surface area contributed by atoms with Crippen molar-refractivity contribution >= 4 is 0 Å². The van der Waals surface area contributed by atoms with Gasteiger partial charge in [0.25, 0.3) is 0 Å². The van der Waals surface area contributed by atoms with Gasteiger partial charge in [0, 0.05) is 11.6 Å².